The summed E-state index contributed by atoms with van der Waals surface area (Å²) in [4.78, 5) is 20.1. The molecule has 0 spiro atoms. The summed E-state index contributed by atoms with van der Waals surface area (Å²) in [5.41, 5.74) is 5.18. The summed E-state index contributed by atoms with van der Waals surface area (Å²) in [6.07, 6.45) is 0.897. The van der Waals surface area contributed by atoms with Gasteiger partial charge in [-0.25, -0.2) is 0 Å². The van der Waals surface area contributed by atoms with E-state index in [9.17, 15) is 4.79 Å². The summed E-state index contributed by atoms with van der Waals surface area (Å²) in [5, 5.41) is 11.7. The second-order valence-corrected chi connectivity index (χ2v) is 6.94. The molecule has 1 amide bonds. The predicted molar refractivity (Wildman–Crippen MR) is 94.9 cm³/mol. The highest BCUT2D eigenvalue weighted by atomic mass is 16.6. The largest absolute Gasteiger partial charge is 0.382 e. The van der Waals surface area contributed by atoms with Crippen LogP contribution in [0.4, 0.5) is 0 Å². The molecule has 0 fully saturated rings. The molecule has 1 N–H and O–H groups in total. The van der Waals surface area contributed by atoms with Gasteiger partial charge < -0.3 is 9.74 Å². The van der Waals surface area contributed by atoms with Gasteiger partial charge in [-0.05, 0) is 5.92 Å². The first-order chi connectivity index (χ1) is 12.1. The fourth-order valence-electron chi connectivity index (χ4n) is 3.39. The first-order valence-electron chi connectivity index (χ1n) is 8.76. The van der Waals surface area contributed by atoms with Gasteiger partial charge in [-0.15, -0.1) is 0 Å². The minimum atomic E-state index is -0.481. The van der Waals surface area contributed by atoms with E-state index in [0.717, 1.165) is 34.6 Å². The highest BCUT2D eigenvalue weighted by Crippen LogP contribution is 2.29. The Bertz CT molecular complexity index is 810. The third-order valence-electron chi connectivity index (χ3n) is 4.93. The molecule has 6 nitrogen and oxygen atoms in total. The van der Waals surface area contributed by atoms with Crippen molar-refractivity contribution in [3.63, 3.8) is 0 Å². The van der Waals surface area contributed by atoms with Crippen molar-refractivity contribution >= 4 is 11.6 Å². The first-order valence-corrected chi connectivity index (χ1v) is 8.76. The van der Waals surface area contributed by atoms with Crippen LogP contribution in [0.2, 0.25) is 0 Å². The van der Waals surface area contributed by atoms with E-state index in [1.165, 1.54) is 0 Å². The minimum absolute atomic E-state index is 0.0188. The standard InChI is InChI=1S/C19H22N4O2/c1-12(2)16-10-17(25-22-16)19(24)23-9-8-15-14(11-23)18(21-20-15)13-6-4-3-5-7-13/h3-7,12,17H,8-11H2,1-2H3,(H,20,21)/t17-/m0/s1. The summed E-state index contributed by atoms with van der Waals surface area (Å²) in [6, 6.07) is 10.1. The molecule has 130 valence electrons. The number of carbonyl (C=O) groups is 1. The number of amides is 1. The van der Waals surface area contributed by atoms with E-state index >= 15 is 0 Å². The van der Waals surface area contributed by atoms with Crippen molar-refractivity contribution in [3.8, 4) is 11.3 Å². The first kappa shape index (κ1) is 15.9. The van der Waals surface area contributed by atoms with Crippen molar-refractivity contribution in [1.82, 2.24) is 15.1 Å². The van der Waals surface area contributed by atoms with E-state index in [2.05, 4.69) is 29.2 Å². The van der Waals surface area contributed by atoms with Gasteiger partial charge in [-0.1, -0.05) is 49.3 Å². The normalized spacial score (nSPS) is 19.6. The Labute approximate surface area is 146 Å². The van der Waals surface area contributed by atoms with Crippen LogP contribution in [0.15, 0.2) is 35.5 Å². The zero-order valence-electron chi connectivity index (χ0n) is 14.5. The molecule has 4 rings (SSSR count). The molecule has 1 atom stereocenters. The van der Waals surface area contributed by atoms with Crippen LogP contribution >= 0.6 is 0 Å². The van der Waals surface area contributed by atoms with Crippen molar-refractivity contribution in [2.75, 3.05) is 6.54 Å². The summed E-state index contributed by atoms with van der Waals surface area (Å²) < 4.78 is 0. The second-order valence-electron chi connectivity index (χ2n) is 6.94. The van der Waals surface area contributed by atoms with Crippen LogP contribution in [0.25, 0.3) is 11.3 Å². The highest BCUT2D eigenvalue weighted by molar-refractivity contribution is 5.94. The molecule has 6 heteroatoms. The number of benzene rings is 1. The van der Waals surface area contributed by atoms with E-state index in [4.69, 9.17) is 4.84 Å². The van der Waals surface area contributed by atoms with E-state index in [1.54, 1.807) is 0 Å². The van der Waals surface area contributed by atoms with Gasteiger partial charge in [0.15, 0.2) is 0 Å². The van der Waals surface area contributed by atoms with Gasteiger partial charge in [-0.3, -0.25) is 9.89 Å². The number of H-pyrrole nitrogens is 1. The number of nitrogens with zero attached hydrogens (tertiary/aromatic N) is 3. The molecule has 2 aromatic rings. The van der Waals surface area contributed by atoms with Gasteiger partial charge in [-0.2, -0.15) is 5.10 Å². The maximum absolute atomic E-state index is 12.8. The lowest BCUT2D eigenvalue weighted by Gasteiger charge is -2.28. The lowest BCUT2D eigenvalue weighted by atomic mass is 9.99. The van der Waals surface area contributed by atoms with Crippen LogP contribution in [-0.2, 0) is 22.6 Å². The number of carbonyl (C=O) groups excluding carboxylic acids is 1. The third-order valence-corrected chi connectivity index (χ3v) is 4.93. The van der Waals surface area contributed by atoms with Gasteiger partial charge in [0.25, 0.3) is 5.91 Å². The zero-order valence-corrected chi connectivity index (χ0v) is 14.5. The summed E-state index contributed by atoms with van der Waals surface area (Å²) in [5.74, 6) is 0.328. The average Bonchev–Trinajstić information content (AvgIpc) is 3.28. The Morgan fingerprint density at radius 2 is 2.12 bits per heavy atom. The lowest BCUT2D eigenvalue weighted by Crippen LogP contribution is -2.42. The van der Waals surface area contributed by atoms with E-state index in [0.29, 0.717) is 25.4 Å². The molecule has 2 aliphatic heterocycles. The molecule has 0 radical (unpaired) electrons. The van der Waals surface area contributed by atoms with Crippen molar-refractivity contribution in [1.29, 1.82) is 0 Å². The quantitative estimate of drug-likeness (QED) is 0.935. The molecular weight excluding hydrogens is 316 g/mol. The Morgan fingerprint density at radius 3 is 2.84 bits per heavy atom. The molecule has 0 aliphatic carbocycles. The molecule has 25 heavy (non-hydrogen) atoms. The fraction of sp³-hybridized carbons (Fsp3) is 0.421. The monoisotopic (exact) mass is 338 g/mol. The number of fused-ring (bicyclic) bond motifs is 1. The molecule has 3 heterocycles. The van der Waals surface area contributed by atoms with Gasteiger partial charge in [0, 0.05) is 42.8 Å². The molecule has 0 saturated carbocycles. The van der Waals surface area contributed by atoms with Crippen LogP contribution in [0, 0.1) is 5.92 Å². The molecule has 2 aliphatic rings. The van der Waals surface area contributed by atoms with Crippen LogP contribution in [-0.4, -0.2) is 39.4 Å². The molecular formula is C19H22N4O2. The molecule has 0 saturated heterocycles. The Balaban J connectivity index is 1.52. The Hall–Kier alpha value is -2.63. The number of hydrogen-bond donors (Lipinski definition) is 1. The SMILES string of the molecule is CC(C)C1=NO[C@H](C(=O)N2CCc3[nH]nc(-c4ccccc4)c3C2)C1. The van der Waals surface area contributed by atoms with Crippen molar-refractivity contribution in [3.05, 3.63) is 41.6 Å². The summed E-state index contributed by atoms with van der Waals surface area (Å²) in [6.45, 7) is 5.38. The van der Waals surface area contributed by atoms with E-state index < -0.39 is 6.10 Å². The van der Waals surface area contributed by atoms with Gasteiger partial charge in [0.2, 0.25) is 6.10 Å². The molecule has 0 unspecified atom stereocenters. The summed E-state index contributed by atoms with van der Waals surface area (Å²) in [7, 11) is 0. The van der Waals surface area contributed by atoms with Crippen LogP contribution < -0.4 is 0 Å². The maximum atomic E-state index is 12.8. The molecule has 1 aromatic carbocycles. The fourth-order valence-corrected chi connectivity index (χ4v) is 3.39. The van der Waals surface area contributed by atoms with Gasteiger partial charge in [0.05, 0.1) is 11.4 Å². The zero-order chi connectivity index (χ0) is 17.4. The number of hydrogen-bond acceptors (Lipinski definition) is 4. The maximum Gasteiger partial charge on any atom is 0.267 e. The van der Waals surface area contributed by atoms with Crippen LogP contribution in [0.3, 0.4) is 0 Å². The van der Waals surface area contributed by atoms with Gasteiger partial charge >= 0.3 is 0 Å². The van der Waals surface area contributed by atoms with Crippen molar-refractivity contribution in [2.45, 2.75) is 39.3 Å². The van der Waals surface area contributed by atoms with E-state index in [-0.39, 0.29) is 5.91 Å². The number of aromatic amines is 1. The molecule has 0 bridgehead atoms. The van der Waals surface area contributed by atoms with Gasteiger partial charge in [0.1, 0.15) is 0 Å². The number of rotatable bonds is 3. The van der Waals surface area contributed by atoms with Crippen molar-refractivity contribution < 1.29 is 9.63 Å². The Kier molecular flexibility index (Phi) is 4.03. The predicted octanol–water partition coefficient (Wildman–Crippen LogP) is 2.76. The van der Waals surface area contributed by atoms with Crippen molar-refractivity contribution in [2.24, 2.45) is 11.1 Å². The minimum Gasteiger partial charge on any atom is -0.382 e. The third kappa shape index (κ3) is 2.92. The molecule has 1 aromatic heterocycles. The number of aromatic nitrogens is 2. The summed E-state index contributed by atoms with van der Waals surface area (Å²) >= 11 is 0. The highest BCUT2D eigenvalue weighted by Gasteiger charge is 2.35. The second kappa shape index (κ2) is 6.35. The Morgan fingerprint density at radius 1 is 1.32 bits per heavy atom. The van der Waals surface area contributed by atoms with E-state index in [1.807, 2.05) is 35.2 Å². The van der Waals surface area contributed by atoms with Crippen LogP contribution in [0.1, 0.15) is 31.5 Å². The van der Waals surface area contributed by atoms with Crippen LogP contribution in [0.5, 0.6) is 0 Å². The number of oxime groups is 1. The lowest BCUT2D eigenvalue weighted by molar-refractivity contribution is -0.143. The topological polar surface area (TPSA) is 70.6 Å². The number of nitrogens with one attached hydrogen (secondary N) is 1. The smallest absolute Gasteiger partial charge is 0.267 e. The average molecular weight is 338 g/mol.